The molecule has 0 aliphatic heterocycles. The number of aromatic nitrogens is 2. The molecule has 96 valence electrons. The van der Waals surface area contributed by atoms with E-state index in [4.69, 9.17) is 0 Å². The van der Waals surface area contributed by atoms with E-state index in [1.54, 1.807) is 4.68 Å². The topological polar surface area (TPSA) is 45.4 Å². The molecule has 0 atom stereocenters. The van der Waals surface area contributed by atoms with E-state index >= 15 is 0 Å². The second kappa shape index (κ2) is 6.93. The molecule has 5 heteroatoms. The summed E-state index contributed by atoms with van der Waals surface area (Å²) in [6, 6.07) is 0. The zero-order valence-corrected chi connectivity index (χ0v) is 11.3. The minimum atomic E-state index is 0.761. The van der Waals surface area contributed by atoms with Gasteiger partial charge in [-0.1, -0.05) is 13.3 Å². The molecule has 0 saturated heterocycles. The minimum Gasteiger partial charge on any atom is -0.352 e. The van der Waals surface area contributed by atoms with Crippen molar-refractivity contribution in [1.82, 2.24) is 20.0 Å². The van der Waals surface area contributed by atoms with E-state index < -0.39 is 0 Å². The van der Waals surface area contributed by atoms with Gasteiger partial charge in [0, 0.05) is 46.0 Å². The van der Waals surface area contributed by atoms with Crippen LogP contribution in [0.1, 0.15) is 25.3 Å². The summed E-state index contributed by atoms with van der Waals surface area (Å²) >= 11 is 0. The summed E-state index contributed by atoms with van der Waals surface area (Å²) in [6.07, 6.45) is 6.26. The van der Waals surface area contributed by atoms with E-state index in [1.165, 1.54) is 12.8 Å². The van der Waals surface area contributed by atoms with E-state index in [0.29, 0.717) is 0 Å². The molecule has 0 radical (unpaired) electrons. The fourth-order valence-corrected chi connectivity index (χ4v) is 1.63. The van der Waals surface area contributed by atoms with Gasteiger partial charge < -0.3 is 10.2 Å². The summed E-state index contributed by atoms with van der Waals surface area (Å²) in [4.78, 5) is 6.42. The zero-order chi connectivity index (χ0) is 12.7. The minimum absolute atomic E-state index is 0.761. The van der Waals surface area contributed by atoms with Crippen LogP contribution < -0.4 is 5.32 Å². The molecule has 1 heterocycles. The van der Waals surface area contributed by atoms with Crippen molar-refractivity contribution < 1.29 is 0 Å². The van der Waals surface area contributed by atoms with Crippen molar-refractivity contribution in [3.05, 3.63) is 18.0 Å². The van der Waals surface area contributed by atoms with Crippen LogP contribution in [0.25, 0.3) is 0 Å². The van der Waals surface area contributed by atoms with Gasteiger partial charge in [0.1, 0.15) is 0 Å². The molecule has 1 aromatic heterocycles. The van der Waals surface area contributed by atoms with Gasteiger partial charge in [-0.3, -0.25) is 9.67 Å². The quantitative estimate of drug-likeness (QED) is 0.619. The first-order valence-electron chi connectivity index (χ1n) is 6.06. The van der Waals surface area contributed by atoms with E-state index in [2.05, 4.69) is 34.3 Å². The van der Waals surface area contributed by atoms with Crippen molar-refractivity contribution >= 4 is 5.96 Å². The standard InChI is InChI=1S/C12H23N5/c1-5-6-7-16(3)12(13-2)14-8-11-9-15-17(4)10-11/h9-10H,5-8H2,1-4H3,(H,13,14). The van der Waals surface area contributed by atoms with Gasteiger partial charge in [0.25, 0.3) is 0 Å². The highest BCUT2D eigenvalue weighted by atomic mass is 15.3. The third-order valence-corrected chi connectivity index (χ3v) is 2.63. The lowest BCUT2D eigenvalue weighted by atomic mass is 10.3. The Balaban J connectivity index is 2.42. The molecule has 0 aromatic carbocycles. The highest BCUT2D eigenvalue weighted by Gasteiger charge is 2.05. The average molecular weight is 237 g/mol. The van der Waals surface area contributed by atoms with Crippen LogP contribution >= 0.6 is 0 Å². The Bertz CT molecular complexity index is 356. The van der Waals surface area contributed by atoms with Gasteiger partial charge in [-0.2, -0.15) is 5.10 Å². The molecule has 17 heavy (non-hydrogen) atoms. The molecule has 0 spiro atoms. The van der Waals surface area contributed by atoms with Crippen molar-refractivity contribution in [1.29, 1.82) is 0 Å². The molecular formula is C12H23N5. The summed E-state index contributed by atoms with van der Waals surface area (Å²) < 4.78 is 1.81. The van der Waals surface area contributed by atoms with Crippen molar-refractivity contribution in [2.24, 2.45) is 12.0 Å². The maximum atomic E-state index is 4.27. The summed E-state index contributed by atoms with van der Waals surface area (Å²) in [5.41, 5.74) is 1.16. The molecule has 0 fully saturated rings. The Kier molecular flexibility index (Phi) is 5.52. The van der Waals surface area contributed by atoms with Crippen molar-refractivity contribution in [2.75, 3.05) is 20.6 Å². The summed E-state index contributed by atoms with van der Waals surface area (Å²) in [6.45, 7) is 3.99. The Morgan fingerprint density at radius 1 is 1.59 bits per heavy atom. The van der Waals surface area contributed by atoms with Gasteiger partial charge >= 0.3 is 0 Å². The van der Waals surface area contributed by atoms with E-state index in [-0.39, 0.29) is 0 Å². The second-order valence-corrected chi connectivity index (χ2v) is 4.20. The largest absolute Gasteiger partial charge is 0.352 e. The summed E-state index contributed by atoms with van der Waals surface area (Å²) in [5, 5.41) is 7.47. The molecule has 0 amide bonds. The first-order chi connectivity index (χ1) is 8.17. The number of rotatable bonds is 5. The highest BCUT2D eigenvalue weighted by Crippen LogP contribution is 1.97. The lowest BCUT2D eigenvalue weighted by Gasteiger charge is -2.21. The maximum Gasteiger partial charge on any atom is 0.193 e. The van der Waals surface area contributed by atoms with Gasteiger partial charge in [0.2, 0.25) is 0 Å². The molecule has 0 aliphatic carbocycles. The summed E-state index contributed by atoms with van der Waals surface area (Å²) in [5.74, 6) is 0.933. The van der Waals surface area contributed by atoms with Crippen LogP contribution in [0, 0.1) is 0 Å². The number of hydrogen-bond acceptors (Lipinski definition) is 2. The lowest BCUT2D eigenvalue weighted by Crippen LogP contribution is -2.38. The van der Waals surface area contributed by atoms with Crippen LogP contribution in [0.3, 0.4) is 0 Å². The van der Waals surface area contributed by atoms with Gasteiger partial charge in [-0.05, 0) is 6.42 Å². The Hall–Kier alpha value is -1.52. The molecule has 1 aromatic rings. The Morgan fingerprint density at radius 3 is 2.88 bits per heavy atom. The lowest BCUT2D eigenvalue weighted by molar-refractivity contribution is 0.464. The SMILES string of the molecule is CCCCN(C)C(=NC)NCc1cnn(C)c1. The number of aryl methyl sites for hydroxylation is 1. The number of nitrogens with zero attached hydrogens (tertiary/aromatic N) is 4. The molecular weight excluding hydrogens is 214 g/mol. The number of hydrogen-bond donors (Lipinski definition) is 1. The fraction of sp³-hybridized carbons (Fsp3) is 0.667. The van der Waals surface area contributed by atoms with Crippen molar-refractivity contribution in [2.45, 2.75) is 26.3 Å². The van der Waals surface area contributed by atoms with Crippen LogP contribution in [-0.2, 0) is 13.6 Å². The van der Waals surface area contributed by atoms with E-state index in [9.17, 15) is 0 Å². The van der Waals surface area contributed by atoms with Gasteiger partial charge in [-0.15, -0.1) is 0 Å². The highest BCUT2D eigenvalue weighted by molar-refractivity contribution is 5.79. The van der Waals surface area contributed by atoms with E-state index in [0.717, 1.165) is 24.6 Å². The molecule has 0 aliphatic rings. The van der Waals surface area contributed by atoms with E-state index in [1.807, 2.05) is 26.5 Å². The zero-order valence-electron chi connectivity index (χ0n) is 11.3. The van der Waals surface area contributed by atoms with Crippen LogP contribution in [0.4, 0.5) is 0 Å². The fourth-order valence-electron chi connectivity index (χ4n) is 1.63. The third kappa shape index (κ3) is 4.46. The maximum absolute atomic E-state index is 4.27. The molecule has 5 nitrogen and oxygen atoms in total. The third-order valence-electron chi connectivity index (χ3n) is 2.63. The van der Waals surface area contributed by atoms with Crippen LogP contribution in [0.15, 0.2) is 17.4 Å². The Morgan fingerprint density at radius 2 is 2.35 bits per heavy atom. The second-order valence-electron chi connectivity index (χ2n) is 4.20. The van der Waals surface area contributed by atoms with Crippen LogP contribution in [0.5, 0.6) is 0 Å². The first kappa shape index (κ1) is 13.5. The summed E-state index contributed by atoms with van der Waals surface area (Å²) in [7, 11) is 5.80. The Labute approximate surface area is 104 Å². The predicted molar refractivity (Wildman–Crippen MR) is 70.9 cm³/mol. The van der Waals surface area contributed by atoms with Gasteiger partial charge in [0.05, 0.1) is 6.20 Å². The van der Waals surface area contributed by atoms with Gasteiger partial charge in [-0.25, -0.2) is 0 Å². The predicted octanol–water partition coefficient (Wildman–Crippen LogP) is 1.23. The average Bonchev–Trinajstić information content (AvgIpc) is 2.73. The number of guanidine groups is 1. The molecule has 1 rings (SSSR count). The number of aliphatic imine (C=N–C) groups is 1. The smallest absolute Gasteiger partial charge is 0.193 e. The number of unbranched alkanes of at least 4 members (excludes halogenated alkanes) is 1. The molecule has 0 unspecified atom stereocenters. The molecule has 1 N–H and O–H groups in total. The van der Waals surface area contributed by atoms with Crippen molar-refractivity contribution in [3.63, 3.8) is 0 Å². The van der Waals surface area contributed by atoms with Crippen molar-refractivity contribution in [3.8, 4) is 0 Å². The van der Waals surface area contributed by atoms with Crippen LogP contribution in [-0.4, -0.2) is 41.3 Å². The molecule has 0 saturated carbocycles. The molecule has 0 bridgehead atoms. The normalized spacial score (nSPS) is 11.6. The van der Waals surface area contributed by atoms with Gasteiger partial charge in [0.15, 0.2) is 5.96 Å². The first-order valence-corrected chi connectivity index (χ1v) is 6.06. The van der Waals surface area contributed by atoms with Crippen LogP contribution in [0.2, 0.25) is 0 Å². The number of nitrogens with one attached hydrogen (secondary N) is 1. The monoisotopic (exact) mass is 237 g/mol.